The van der Waals surface area contributed by atoms with Gasteiger partial charge in [0.25, 0.3) is 11.8 Å². The first-order valence-corrected chi connectivity index (χ1v) is 11.4. The number of rotatable bonds is 10. The Morgan fingerprint density at radius 3 is 2.33 bits per heavy atom. The van der Waals surface area contributed by atoms with E-state index in [-0.39, 0.29) is 0 Å². The molecule has 0 saturated carbocycles. The average Bonchev–Trinajstić information content (AvgIpc) is 2.90. The second kappa shape index (κ2) is 13.3. The number of carbonyl (C=O) groups excluding carboxylic acids is 3. The number of esters is 1. The zero-order valence-corrected chi connectivity index (χ0v) is 20.2. The summed E-state index contributed by atoms with van der Waals surface area (Å²) >= 11 is 0. The van der Waals surface area contributed by atoms with Crippen molar-refractivity contribution in [2.75, 3.05) is 13.2 Å². The Hall–Kier alpha value is -4.59. The molecule has 36 heavy (non-hydrogen) atoms. The molecule has 3 rings (SSSR count). The highest BCUT2D eigenvalue weighted by Crippen LogP contribution is 2.29. The minimum absolute atomic E-state index is 0.392. The Morgan fingerprint density at radius 1 is 0.861 bits per heavy atom. The third-order valence-electron chi connectivity index (χ3n) is 4.89. The van der Waals surface area contributed by atoms with Crippen molar-refractivity contribution < 1.29 is 28.6 Å². The van der Waals surface area contributed by atoms with Gasteiger partial charge in [-0.2, -0.15) is 0 Å². The van der Waals surface area contributed by atoms with E-state index < -0.39 is 24.4 Å². The highest BCUT2D eigenvalue weighted by atomic mass is 16.5. The van der Waals surface area contributed by atoms with Crippen molar-refractivity contribution in [1.29, 1.82) is 0 Å². The van der Waals surface area contributed by atoms with Gasteiger partial charge in [-0.25, -0.2) is 4.79 Å². The molecule has 0 bridgehead atoms. The van der Waals surface area contributed by atoms with Crippen LogP contribution in [0, 0.1) is 6.92 Å². The topological polar surface area (TPSA) is 103 Å². The summed E-state index contributed by atoms with van der Waals surface area (Å²) in [4.78, 5) is 35.9. The predicted octanol–water partition coefficient (Wildman–Crippen LogP) is 3.99. The SMILES string of the molecule is CCOc1cc(/C=C/C(=O)OCC(=O)NNC(=O)c2ccc(C)cc2)ccc1OCc1ccccc1. The second-order valence-electron chi connectivity index (χ2n) is 7.72. The van der Waals surface area contributed by atoms with E-state index in [1.165, 1.54) is 6.08 Å². The van der Waals surface area contributed by atoms with Crippen LogP contribution in [0.25, 0.3) is 6.08 Å². The van der Waals surface area contributed by atoms with E-state index in [1.807, 2.05) is 44.2 Å². The molecule has 186 valence electrons. The molecule has 0 aromatic heterocycles. The van der Waals surface area contributed by atoms with Crippen molar-refractivity contribution in [2.45, 2.75) is 20.5 Å². The van der Waals surface area contributed by atoms with Crippen LogP contribution < -0.4 is 20.3 Å². The smallest absolute Gasteiger partial charge is 0.331 e. The van der Waals surface area contributed by atoms with Gasteiger partial charge in [-0.15, -0.1) is 0 Å². The van der Waals surface area contributed by atoms with E-state index in [1.54, 1.807) is 48.5 Å². The maximum Gasteiger partial charge on any atom is 0.331 e. The first-order chi connectivity index (χ1) is 17.4. The van der Waals surface area contributed by atoms with Gasteiger partial charge in [0.15, 0.2) is 18.1 Å². The molecule has 0 saturated heterocycles. The fourth-order valence-electron chi connectivity index (χ4n) is 3.04. The van der Waals surface area contributed by atoms with Gasteiger partial charge in [0.05, 0.1) is 6.61 Å². The molecule has 0 radical (unpaired) electrons. The zero-order valence-electron chi connectivity index (χ0n) is 20.2. The summed E-state index contributed by atoms with van der Waals surface area (Å²) in [7, 11) is 0. The Balaban J connectivity index is 1.47. The minimum atomic E-state index is -0.711. The van der Waals surface area contributed by atoms with Gasteiger partial charge >= 0.3 is 5.97 Å². The summed E-state index contributed by atoms with van der Waals surface area (Å²) in [5, 5.41) is 0. The normalized spacial score (nSPS) is 10.5. The van der Waals surface area contributed by atoms with E-state index in [4.69, 9.17) is 14.2 Å². The van der Waals surface area contributed by atoms with Gasteiger partial charge in [-0.05, 0) is 55.3 Å². The predicted molar refractivity (Wildman–Crippen MR) is 135 cm³/mol. The lowest BCUT2D eigenvalue weighted by Crippen LogP contribution is -2.43. The van der Waals surface area contributed by atoms with Crippen molar-refractivity contribution in [1.82, 2.24) is 10.9 Å². The van der Waals surface area contributed by atoms with Gasteiger partial charge < -0.3 is 14.2 Å². The number of carbonyl (C=O) groups is 3. The monoisotopic (exact) mass is 488 g/mol. The quantitative estimate of drug-likeness (QED) is 0.254. The number of nitrogens with one attached hydrogen (secondary N) is 2. The van der Waals surface area contributed by atoms with Crippen LogP contribution in [0.15, 0.2) is 78.9 Å². The number of hydrogen-bond donors (Lipinski definition) is 2. The molecule has 8 heteroatoms. The second-order valence-corrected chi connectivity index (χ2v) is 7.72. The molecule has 3 aromatic carbocycles. The lowest BCUT2D eigenvalue weighted by molar-refractivity contribution is -0.144. The number of aryl methyl sites for hydroxylation is 1. The fraction of sp³-hybridized carbons (Fsp3) is 0.179. The van der Waals surface area contributed by atoms with Crippen molar-refractivity contribution in [3.63, 3.8) is 0 Å². The Kier molecular flexibility index (Phi) is 9.64. The van der Waals surface area contributed by atoms with E-state index >= 15 is 0 Å². The van der Waals surface area contributed by atoms with Crippen LogP contribution in [-0.4, -0.2) is 31.0 Å². The van der Waals surface area contributed by atoms with Gasteiger partial charge in [0, 0.05) is 11.6 Å². The van der Waals surface area contributed by atoms with Crippen LogP contribution in [0.4, 0.5) is 0 Å². The maximum atomic E-state index is 12.0. The summed E-state index contributed by atoms with van der Waals surface area (Å²) in [6, 6.07) is 21.9. The molecular formula is C28H28N2O6. The average molecular weight is 489 g/mol. The van der Waals surface area contributed by atoms with Gasteiger partial charge in [0.2, 0.25) is 0 Å². The number of benzene rings is 3. The highest BCUT2D eigenvalue weighted by Gasteiger charge is 2.10. The molecule has 0 spiro atoms. The molecule has 0 unspecified atom stereocenters. The van der Waals surface area contributed by atoms with Crippen molar-refractivity contribution in [2.24, 2.45) is 0 Å². The summed E-state index contributed by atoms with van der Waals surface area (Å²) in [5.74, 6) is -0.721. The van der Waals surface area contributed by atoms with E-state index in [2.05, 4.69) is 10.9 Å². The highest BCUT2D eigenvalue weighted by molar-refractivity contribution is 5.95. The van der Waals surface area contributed by atoms with Crippen molar-refractivity contribution in [3.05, 3.63) is 101 Å². The largest absolute Gasteiger partial charge is 0.490 e. The maximum absolute atomic E-state index is 12.0. The number of ether oxygens (including phenoxy) is 3. The molecule has 0 fully saturated rings. The van der Waals surface area contributed by atoms with Crippen LogP contribution in [0.1, 0.15) is 34.0 Å². The Labute approximate surface area is 209 Å². The fourth-order valence-corrected chi connectivity index (χ4v) is 3.04. The molecule has 2 amide bonds. The van der Waals surface area contributed by atoms with E-state index in [0.717, 1.165) is 11.1 Å². The molecule has 2 N–H and O–H groups in total. The summed E-state index contributed by atoms with van der Waals surface area (Å²) in [6.45, 7) is 4.08. The van der Waals surface area contributed by atoms with Gasteiger partial charge in [-0.1, -0.05) is 54.1 Å². The van der Waals surface area contributed by atoms with Gasteiger partial charge in [-0.3, -0.25) is 20.4 Å². The van der Waals surface area contributed by atoms with Crippen LogP contribution in [-0.2, 0) is 20.9 Å². The van der Waals surface area contributed by atoms with Crippen LogP contribution in [0.5, 0.6) is 11.5 Å². The van der Waals surface area contributed by atoms with Crippen molar-refractivity contribution in [3.8, 4) is 11.5 Å². The Bertz CT molecular complexity index is 1210. The van der Waals surface area contributed by atoms with Crippen LogP contribution >= 0.6 is 0 Å². The summed E-state index contributed by atoms with van der Waals surface area (Å²) in [5.41, 5.74) is 7.60. The summed E-state index contributed by atoms with van der Waals surface area (Å²) in [6.07, 6.45) is 2.75. The lowest BCUT2D eigenvalue weighted by atomic mass is 10.1. The number of hydrogen-bond acceptors (Lipinski definition) is 6. The van der Waals surface area contributed by atoms with Crippen LogP contribution in [0.2, 0.25) is 0 Å². The third-order valence-corrected chi connectivity index (χ3v) is 4.89. The first kappa shape index (κ1) is 26.0. The molecule has 0 aliphatic rings. The summed E-state index contributed by atoms with van der Waals surface area (Å²) < 4.78 is 16.5. The molecule has 0 aliphatic heterocycles. The Morgan fingerprint density at radius 2 is 1.61 bits per heavy atom. The molecule has 8 nitrogen and oxygen atoms in total. The number of hydrazine groups is 1. The zero-order chi connectivity index (χ0) is 25.8. The minimum Gasteiger partial charge on any atom is -0.490 e. The molecule has 3 aromatic rings. The van der Waals surface area contributed by atoms with Crippen molar-refractivity contribution >= 4 is 23.9 Å². The third kappa shape index (κ3) is 8.32. The lowest BCUT2D eigenvalue weighted by Gasteiger charge is -2.12. The molecule has 0 atom stereocenters. The van der Waals surface area contributed by atoms with E-state index in [9.17, 15) is 14.4 Å². The van der Waals surface area contributed by atoms with Gasteiger partial charge in [0.1, 0.15) is 6.61 Å². The first-order valence-electron chi connectivity index (χ1n) is 11.4. The van der Waals surface area contributed by atoms with E-state index in [0.29, 0.717) is 35.8 Å². The molecule has 0 aliphatic carbocycles. The number of amides is 2. The molecular weight excluding hydrogens is 460 g/mol. The van der Waals surface area contributed by atoms with Crippen LogP contribution in [0.3, 0.4) is 0 Å². The molecule has 0 heterocycles. The standard InChI is InChI=1S/C28H28N2O6/c1-3-34-25-17-21(11-15-24(25)35-18-22-7-5-4-6-8-22)12-16-27(32)36-19-26(31)29-30-28(33)23-13-9-20(2)10-14-23/h4-17H,3,18-19H2,1-2H3,(H,29,31)(H,30,33)/b16-12+.